The summed E-state index contributed by atoms with van der Waals surface area (Å²) in [7, 11) is 0. The fourth-order valence-electron chi connectivity index (χ4n) is 3.89. The molecule has 8 heteroatoms. The first-order valence-electron chi connectivity index (χ1n) is 9.76. The average molecular weight is 417 g/mol. The molecular formula is C21H25ClN4O3. The third-order valence-electron chi connectivity index (χ3n) is 5.31. The Hall–Kier alpha value is -2.40. The summed E-state index contributed by atoms with van der Waals surface area (Å²) >= 11 is 0. The van der Waals surface area contributed by atoms with Crippen molar-refractivity contribution in [3.63, 3.8) is 0 Å². The van der Waals surface area contributed by atoms with Crippen LogP contribution in [0.1, 0.15) is 43.0 Å². The van der Waals surface area contributed by atoms with E-state index in [0.29, 0.717) is 19.4 Å². The highest BCUT2D eigenvalue weighted by molar-refractivity contribution is 6.00. The average Bonchev–Trinajstić information content (AvgIpc) is 3.03. The molecule has 2 fully saturated rings. The zero-order valence-electron chi connectivity index (χ0n) is 16.4. The van der Waals surface area contributed by atoms with Crippen LogP contribution in [0.3, 0.4) is 0 Å². The zero-order valence-corrected chi connectivity index (χ0v) is 17.2. The molecular weight excluding hydrogens is 392 g/mol. The number of nitrogens with zero attached hydrogens (tertiary/aromatic N) is 2. The van der Waals surface area contributed by atoms with Crippen LogP contribution in [-0.4, -0.2) is 47.4 Å². The van der Waals surface area contributed by atoms with Crippen LogP contribution in [0.2, 0.25) is 0 Å². The molecule has 2 amide bonds. The molecule has 0 aliphatic carbocycles. The van der Waals surface area contributed by atoms with Crippen molar-refractivity contribution in [2.45, 2.75) is 44.8 Å². The van der Waals surface area contributed by atoms with E-state index < -0.39 is 6.04 Å². The topological polar surface area (TPSA) is 85.2 Å². The predicted octanol–water partition coefficient (Wildman–Crippen LogP) is 1.86. The van der Waals surface area contributed by atoms with Crippen molar-refractivity contribution in [2.75, 3.05) is 19.7 Å². The van der Waals surface area contributed by atoms with E-state index in [2.05, 4.69) is 27.6 Å². The predicted molar refractivity (Wildman–Crippen MR) is 112 cm³/mol. The minimum Gasteiger partial charge on any atom is -0.365 e. The van der Waals surface area contributed by atoms with Crippen molar-refractivity contribution in [2.24, 2.45) is 0 Å². The molecule has 4 rings (SSSR count). The van der Waals surface area contributed by atoms with Gasteiger partial charge in [-0.2, -0.15) is 5.10 Å². The van der Waals surface area contributed by atoms with Gasteiger partial charge in [0.2, 0.25) is 5.91 Å². The van der Waals surface area contributed by atoms with E-state index in [4.69, 9.17) is 4.74 Å². The van der Waals surface area contributed by atoms with E-state index in [1.807, 2.05) is 25.1 Å². The van der Waals surface area contributed by atoms with Gasteiger partial charge in [0.15, 0.2) is 0 Å². The van der Waals surface area contributed by atoms with Gasteiger partial charge in [-0.05, 0) is 51.4 Å². The van der Waals surface area contributed by atoms with Gasteiger partial charge in [0.05, 0.1) is 17.3 Å². The molecule has 0 radical (unpaired) electrons. The van der Waals surface area contributed by atoms with Crippen molar-refractivity contribution < 1.29 is 14.3 Å². The summed E-state index contributed by atoms with van der Waals surface area (Å²) in [6.07, 6.45) is 3.11. The molecule has 1 unspecified atom stereocenters. The lowest BCUT2D eigenvalue weighted by atomic mass is 10.1. The lowest BCUT2D eigenvalue weighted by Gasteiger charge is -2.21. The molecule has 1 aromatic heterocycles. The van der Waals surface area contributed by atoms with Gasteiger partial charge in [-0.25, -0.2) is 0 Å². The highest BCUT2D eigenvalue weighted by Gasteiger charge is 2.30. The zero-order chi connectivity index (χ0) is 19.5. The summed E-state index contributed by atoms with van der Waals surface area (Å²) in [5, 5.41) is 11.3. The van der Waals surface area contributed by atoms with E-state index in [1.54, 1.807) is 4.68 Å². The van der Waals surface area contributed by atoms with Crippen molar-refractivity contribution in [3.05, 3.63) is 29.5 Å². The highest BCUT2D eigenvalue weighted by atomic mass is 35.5. The first-order chi connectivity index (χ1) is 13.6. The van der Waals surface area contributed by atoms with E-state index in [1.165, 1.54) is 0 Å². The number of ether oxygens (including phenoxy) is 1. The second kappa shape index (κ2) is 9.40. The Morgan fingerprint density at radius 3 is 2.79 bits per heavy atom. The maximum absolute atomic E-state index is 12.3. The van der Waals surface area contributed by atoms with Crippen LogP contribution in [0.4, 0.5) is 0 Å². The number of hydrogen-bond acceptors (Lipinski definition) is 5. The smallest absolute Gasteiger partial charge is 0.251 e. The van der Waals surface area contributed by atoms with Crippen LogP contribution >= 0.6 is 12.4 Å². The molecule has 7 nitrogen and oxygen atoms in total. The first kappa shape index (κ1) is 21.3. The molecule has 0 saturated carbocycles. The minimum absolute atomic E-state index is 0. The van der Waals surface area contributed by atoms with Crippen LogP contribution in [0.15, 0.2) is 18.2 Å². The number of fused-ring (bicyclic) bond motifs is 1. The molecule has 0 bridgehead atoms. The summed E-state index contributed by atoms with van der Waals surface area (Å²) in [4.78, 5) is 23.7. The minimum atomic E-state index is -0.472. The third-order valence-corrected chi connectivity index (χ3v) is 5.31. The molecule has 2 aliphatic rings. The molecule has 0 spiro atoms. The summed E-state index contributed by atoms with van der Waals surface area (Å²) in [6, 6.07) is 5.35. The van der Waals surface area contributed by atoms with Gasteiger partial charge in [-0.15, -0.1) is 12.4 Å². The number of imide groups is 1. The van der Waals surface area contributed by atoms with E-state index >= 15 is 0 Å². The fourth-order valence-corrected chi connectivity index (χ4v) is 3.89. The van der Waals surface area contributed by atoms with E-state index in [0.717, 1.165) is 48.1 Å². The Morgan fingerprint density at radius 1 is 1.24 bits per heavy atom. The lowest BCUT2D eigenvalue weighted by molar-refractivity contribution is -0.135. The largest absolute Gasteiger partial charge is 0.365 e. The van der Waals surface area contributed by atoms with E-state index in [9.17, 15) is 9.59 Å². The number of piperidine rings is 2. The second-order valence-corrected chi connectivity index (χ2v) is 7.26. The highest BCUT2D eigenvalue weighted by Crippen LogP contribution is 2.28. The van der Waals surface area contributed by atoms with Crippen molar-refractivity contribution in [1.29, 1.82) is 0 Å². The Bertz CT molecular complexity index is 969. The van der Waals surface area contributed by atoms with Gasteiger partial charge in [0.25, 0.3) is 5.91 Å². The molecule has 2 saturated heterocycles. The number of rotatable bonds is 3. The van der Waals surface area contributed by atoms with Crippen molar-refractivity contribution in [1.82, 2.24) is 20.4 Å². The number of amides is 2. The molecule has 1 aromatic carbocycles. The van der Waals surface area contributed by atoms with Crippen LogP contribution in [0, 0.1) is 18.8 Å². The van der Waals surface area contributed by atoms with Gasteiger partial charge in [0, 0.05) is 17.4 Å². The van der Waals surface area contributed by atoms with Crippen LogP contribution < -0.4 is 10.6 Å². The van der Waals surface area contributed by atoms with Crippen LogP contribution in [0.25, 0.3) is 10.9 Å². The molecule has 2 aromatic rings. The molecule has 2 N–H and O–H groups in total. The van der Waals surface area contributed by atoms with E-state index in [-0.39, 0.29) is 30.3 Å². The van der Waals surface area contributed by atoms with Gasteiger partial charge < -0.3 is 10.1 Å². The number of nitrogens with one attached hydrogen (secondary N) is 2. The molecule has 3 heterocycles. The number of carbonyl (C=O) groups excluding carboxylic acids is 2. The van der Waals surface area contributed by atoms with Crippen molar-refractivity contribution in [3.8, 4) is 11.8 Å². The Labute approximate surface area is 176 Å². The fraction of sp³-hybridized carbons (Fsp3) is 0.476. The molecule has 2 aliphatic heterocycles. The Balaban J connectivity index is 0.00000240. The van der Waals surface area contributed by atoms with Crippen molar-refractivity contribution >= 4 is 35.1 Å². The molecule has 154 valence electrons. The van der Waals surface area contributed by atoms with Gasteiger partial charge in [-0.1, -0.05) is 17.9 Å². The second-order valence-electron chi connectivity index (χ2n) is 7.26. The lowest BCUT2D eigenvalue weighted by Crippen LogP contribution is -2.42. The number of benzene rings is 1. The van der Waals surface area contributed by atoms with Crippen LogP contribution in [-0.2, 0) is 14.3 Å². The first-order valence-corrected chi connectivity index (χ1v) is 9.76. The number of aromatic nitrogens is 2. The monoisotopic (exact) mass is 416 g/mol. The number of carbonyl (C=O) groups is 2. The van der Waals surface area contributed by atoms with Crippen LogP contribution in [0.5, 0.6) is 0 Å². The quantitative estimate of drug-likeness (QED) is 0.589. The summed E-state index contributed by atoms with van der Waals surface area (Å²) in [5.41, 5.74) is 2.56. The molecule has 29 heavy (non-hydrogen) atoms. The number of hydrogen-bond donors (Lipinski definition) is 2. The number of halogens is 1. The Kier molecular flexibility index (Phi) is 6.91. The Morgan fingerprint density at radius 2 is 2.03 bits per heavy atom. The van der Waals surface area contributed by atoms with Gasteiger partial charge in [0.1, 0.15) is 12.6 Å². The summed E-state index contributed by atoms with van der Waals surface area (Å²) in [6.45, 7) is 4.31. The number of aryl methyl sites for hydroxylation is 1. The van der Waals surface area contributed by atoms with Gasteiger partial charge in [-0.3, -0.25) is 19.6 Å². The SMILES string of the molecule is Cc1nn(C2CCC(=O)NC2=O)c2cccc(C#CCOC3CCNCC3)c12.Cl. The summed E-state index contributed by atoms with van der Waals surface area (Å²) in [5.74, 6) is 5.80. The standard InChI is InChI=1S/C21H24N4O3.ClH/c1-14-20-15(5-3-13-28-16-9-11-22-12-10-16)4-2-6-17(20)25(24-14)18-7-8-19(26)23-21(18)27;/h2,4,6,16,18,22H,7-13H2,1H3,(H,23,26,27);1H. The molecule has 1 atom stereocenters. The van der Waals surface area contributed by atoms with Gasteiger partial charge >= 0.3 is 0 Å². The maximum Gasteiger partial charge on any atom is 0.251 e. The normalized spacial score (nSPS) is 20.0. The summed E-state index contributed by atoms with van der Waals surface area (Å²) < 4.78 is 7.58. The maximum atomic E-state index is 12.3. The third kappa shape index (κ3) is 4.61.